The van der Waals surface area contributed by atoms with Crippen LogP contribution in [0.25, 0.3) is 0 Å². The standard InChI is InChI=1S/C15H21F3O/c1-10(14(2,3)4)9-13(19)11-7-5-6-8-12(11)15(16,17)18/h5-8,10,13,19H,9H2,1-4H3. The van der Waals surface area contributed by atoms with Crippen LogP contribution in [0.15, 0.2) is 24.3 Å². The highest BCUT2D eigenvalue weighted by molar-refractivity contribution is 5.31. The third kappa shape index (κ3) is 4.23. The van der Waals surface area contributed by atoms with Crippen molar-refractivity contribution in [1.29, 1.82) is 0 Å². The fourth-order valence-corrected chi connectivity index (χ4v) is 1.86. The number of hydrogen-bond donors (Lipinski definition) is 1. The van der Waals surface area contributed by atoms with Gasteiger partial charge in [0.15, 0.2) is 0 Å². The molecule has 4 heteroatoms. The smallest absolute Gasteiger partial charge is 0.388 e. The van der Waals surface area contributed by atoms with Gasteiger partial charge in [-0.1, -0.05) is 45.9 Å². The molecule has 0 radical (unpaired) electrons. The molecule has 0 bridgehead atoms. The Hall–Kier alpha value is -1.03. The maximum atomic E-state index is 12.9. The molecule has 0 aliphatic rings. The molecule has 2 unspecified atom stereocenters. The van der Waals surface area contributed by atoms with Crippen LogP contribution in [0.3, 0.4) is 0 Å². The first kappa shape index (κ1) is 16.0. The summed E-state index contributed by atoms with van der Waals surface area (Å²) < 4.78 is 38.6. The zero-order valence-corrected chi connectivity index (χ0v) is 11.8. The molecule has 1 aromatic carbocycles. The summed E-state index contributed by atoms with van der Waals surface area (Å²) in [6.07, 6.45) is -5.20. The van der Waals surface area contributed by atoms with Gasteiger partial charge in [0.05, 0.1) is 11.7 Å². The van der Waals surface area contributed by atoms with E-state index in [1.807, 2.05) is 27.7 Å². The molecule has 0 amide bonds. The van der Waals surface area contributed by atoms with Gasteiger partial charge in [-0.3, -0.25) is 0 Å². The van der Waals surface area contributed by atoms with E-state index in [4.69, 9.17) is 0 Å². The van der Waals surface area contributed by atoms with E-state index in [1.54, 1.807) is 0 Å². The second kappa shape index (κ2) is 5.53. The first-order valence-electron chi connectivity index (χ1n) is 6.37. The SMILES string of the molecule is CC(CC(O)c1ccccc1C(F)(F)F)C(C)(C)C. The van der Waals surface area contributed by atoms with Crippen molar-refractivity contribution in [2.45, 2.75) is 46.4 Å². The Balaban J connectivity index is 2.98. The summed E-state index contributed by atoms with van der Waals surface area (Å²) >= 11 is 0. The third-order valence-corrected chi connectivity index (χ3v) is 3.68. The molecule has 0 aliphatic heterocycles. The normalized spacial score (nSPS) is 16.2. The molecule has 19 heavy (non-hydrogen) atoms. The summed E-state index contributed by atoms with van der Waals surface area (Å²) in [5, 5.41) is 10.1. The summed E-state index contributed by atoms with van der Waals surface area (Å²) in [5.74, 6) is 0.115. The maximum absolute atomic E-state index is 12.9. The molecular weight excluding hydrogens is 253 g/mol. The number of alkyl halides is 3. The quantitative estimate of drug-likeness (QED) is 0.838. The first-order valence-corrected chi connectivity index (χ1v) is 6.37. The van der Waals surface area contributed by atoms with Crippen molar-refractivity contribution in [3.05, 3.63) is 35.4 Å². The lowest BCUT2D eigenvalue weighted by Gasteiger charge is -2.29. The van der Waals surface area contributed by atoms with Gasteiger partial charge in [-0.05, 0) is 29.4 Å². The molecule has 1 rings (SSSR count). The van der Waals surface area contributed by atoms with Crippen molar-refractivity contribution in [3.63, 3.8) is 0 Å². The lowest BCUT2D eigenvalue weighted by Crippen LogP contribution is -2.21. The van der Waals surface area contributed by atoms with E-state index in [1.165, 1.54) is 18.2 Å². The Bertz CT molecular complexity index is 418. The van der Waals surface area contributed by atoms with E-state index < -0.39 is 17.8 Å². The number of rotatable bonds is 3. The highest BCUT2D eigenvalue weighted by atomic mass is 19.4. The van der Waals surface area contributed by atoms with Crippen molar-refractivity contribution in [1.82, 2.24) is 0 Å². The van der Waals surface area contributed by atoms with E-state index in [0.29, 0.717) is 6.42 Å². The van der Waals surface area contributed by atoms with Crippen LogP contribution in [0.2, 0.25) is 0 Å². The molecule has 0 aromatic heterocycles. The molecule has 0 aliphatic carbocycles. The molecule has 1 N–H and O–H groups in total. The van der Waals surface area contributed by atoms with Crippen molar-refractivity contribution >= 4 is 0 Å². The molecule has 1 aromatic rings. The predicted molar refractivity (Wildman–Crippen MR) is 69.6 cm³/mol. The van der Waals surface area contributed by atoms with Crippen LogP contribution in [0, 0.1) is 11.3 Å². The minimum atomic E-state index is -4.43. The summed E-state index contributed by atoms with van der Waals surface area (Å²) in [6.45, 7) is 7.99. The molecule has 2 atom stereocenters. The van der Waals surface area contributed by atoms with Gasteiger partial charge >= 0.3 is 6.18 Å². The van der Waals surface area contributed by atoms with Gasteiger partial charge in [-0.2, -0.15) is 13.2 Å². The van der Waals surface area contributed by atoms with Gasteiger partial charge in [0.1, 0.15) is 0 Å². The van der Waals surface area contributed by atoms with Gasteiger partial charge in [-0.15, -0.1) is 0 Å². The molecule has 0 spiro atoms. The fraction of sp³-hybridized carbons (Fsp3) is 0.600. The zero-order chi connectivity index (χ0) is 14.8. The van der Waals surface area contributed by atoms with Crippen LogP contribution in [0.5, 0.6) is 0 Å². The molecule has 0 heterocycles. The second-order valence-electron chi connectivity index (χ2n) is 6.10. The topological polar surface area (TPSA) is 20.2 Å². The van der Waals surface area contributed by atoms with Crippen molar-refractivity contribution in [2.75, 3.05) is 0 Å². The Morgan fingerprint density at radius 2 is 1.63 bits per heavy atom. The number of aliphatic hydroxyl groups is 1. The molecule has 0 saturated carbocycles. The molecule has 0 saturated heterocycles. The van der Waals surface area contributed by atoms with E-state index in [2.05, 4.69) is 0 Å². The molecule has 1 nitrogen and oxygen atoms in total. The fourth-order valence-electron chi connectivity index (χ4n) is 1.86. The second-order valence-corrected chi connectivity index (χ2v) is 6.10. The third-order valence-electron chi connectivity index (χ3n) is 3.68. The highest BCUT2D eigenvalue weighted by Crippen LogP contribution is 2.38. The number of aliphatic hydroxyl groups excluding tert-OH is 1. The highest BCUT2D eigenvalue weighted by Gasteiger charge is 2.35. The van der Waals surface area contributed by atoms with E-state index in [0.717, 1.165) is 6.07 Å². The minimum absolute atomic E-state index is 0.0360. The van der Waals surface area contributed by atoms with Gasteiger partial charge in [0.2, 0.25) is 0 Å². The van der Waals surface area contributed by atoms with Crippen LogP contribution in [-0.2, 0) is 6.18 Å². The van der Waals surface area contributed by atoms with Gasteiger partial charge < -0.3 is 5.11 Å². The van der Waals surface area contributed by atoms with Crippen molar-refractivity contribution < 1.29 is 18.3 Å². The van der Waals surface area contributed by atoms with Crippen LogP contribution in [0.1, 0.15) is 51.3 Å². The summed E-state index contributed by atoms with van der Waals surface area (Å²) in [7, 11) is 0. The summed E-state index contributed by atoms with van der Waals surface area (Å²) in [4.78, 5) is 0. The molecular formula is C15H21F3O. The Morgan fingerprint density at radius 3 is 2.11 bits per heavy atom. The zero-order valence-electron chi connectivity index (χ0n) is 11.8. The summed E-state index contributed by atoms with van der Waals surface area (Å²) in [5.41, 5.74) is -0.830. The van der Waals surface area contributed by atoms with Crippen LogP contribution < -0.4 is 0 Å². The Kier molecular flexibility index (Phi) is 4.67. The van der Waals surface area contributed by atoms with Crippen LogP contribution >= 0.6 is 0 Å². The first-order chi connectivity index (χ1) is 8.53. The average Bonchev–Trinajstić information content (AvgIpc) is 2.26. The van der Waals surface area contributed by atoms with E-state index >= 15 is 0 Å². The van der Waals surface area contributed by atoms with Gasteiger partial charge in [0.25, 0.3) is 0 Å². The Labute approximate surface area is 112 Å². The average molecular weight is 274 g/mol. The monoisotopic (exact) mass is 274 g/mol. The van der Waals surface area contributed by atoms with Gasteiger partial charge in [-0.25, -0.2) is 0 Å². The van der Waals surface area contributed by atoms with Crippen molar-refractivity contribution in [3.8, 4) is 0 Å². The van der Waals surface area contributed by atoms with E-state index in [9.17, 15) is 18.3 Å². The lowest BCUT2D eigenvalue weighted by molar-refractivity contribution is -0.139. The maximum Gasteiger partial charge on any atom is 0.416 e. The molecule has 0 fully saturated rings. The van der Waals surface area contributed by atoms with Crippen LogP contribution in [-0.4, -0.2) is 5.11 Å². The molecule has 108 valence electrons. The van der Waals surface area contributed by atoms with Crippen LogP contribution in [0.4, 0.5) is 13.2 Å². The summed E-state index contributed by atoms with van der Waals surface area (Å²) in [6, 6.07) is 5.23. The number of hydrogen-bond acceptors (Lipinski definition) is 1. The predicted octanol–water partition coefficient (Wildman–Crippen LogP) is 4.81. The van der Waals surface area contributed by atoms with Gasteiger partial charge in [0, 0.05) is 0 Å². The van der Waals surface area contributed by atoms with E-state index in [-0.39, 0.29) is 16.9 Å². The lowest BCUT2D eigenvalue weighted by atomic mass is 9.78. The largest absolute Gasteiger partial charge is 0.416 e. The number of benzene rings is 1. The minimum Gasteiger partial charge on any atom is -0.388 e. The Morgan fingerprint density at radius 1 is 1.11 bits per heavy atom. The van der Waals surface area contributed by atoms with Crippen molar-refractivity contribution in [2.24, 2.45) is 11.3 Å². The number of halogens is 3.